The summed E-state index contributed by atoms with van der Waals surface area (Å²) in [6.07, 6.45) is -0.648. The second kappa shape index (κ2) is 6.31. The van der Waals surface area contributed by atoms with Crippen molar-refractivity contribution in [3.63, 3.8) is 0 Å². The lowest BCUT2D eigenvalue weighted by Gasteiger charge is -2.16. The third kappa shape index (κ3) is 3.53. The quantitative estimate of drug-likeness (QED) is 0.746. The molecule has 0 aliphatic carbocycles. The molecule has 0 aromatic heterocycles. The average molecular weight is 272 g/mol. The molecule has 0 fully saturated rings. The Kier molecular flexibility index (Phi) is 4.49. The third-order valence-electron chi connectivity index (χ3n) is 2.92. The minimum Gasteiger partial charge on any atom is -0.384 e. The number of rotatable bonds is 4. The van der Waals surface area contributed by atoms with Gasteiger partial charge in [0.1, 0.15) is 6.10 Å². The van der Waals surface area contributed by atoms with Crippen LogP contribution in [0, 0.1) is 0 Å². The lowest BCUT2D eigenvalue weighted by atomic mass is 9.97. The van der Waals surface area contributed by atoms with Gasteiger partial charge in [-0.15, -0.1) is 0 Å². The highest BCUT2D eigenvalue weighted by Crippen LogP contribution is 2.24. The minimum atomic E-state index is -0.648. The number of hydrogen-bond acceptors (Lipinski definition) is 2. The maximum Gasteiger partial charge on any atom is 0.163 e. The van der Waals surface area contributed by atoms with Gasteiger partial charge in [-0.25, -0.2) is 0 Å². The van der Waals surface area contributed by atoms with Gasteiger partial charge >= 0.3 is 0 Å². The highest BCUT2D eigenvalue weighted by atomic mass is 32.1. The lowest BCUT2D eigenvalue weighted by molar-refractivity contribution is 0.219. The summed E-state index contributed by atoms with van der Waals surface area (Å²) in [4.78, 5) is 0. The van der Waals surface area contributed by atoms with E-state index in [1.165, 1.54) is 0 Å². The largest absolute Gasteiger partial charge is 0.384 e. The van der Waals surface area contributed by atoms with Crippen LogP contribution in [-0.4, -0.2) is 10.2 Å². The van der Waals surface area contributed by atoms with Crippen molar-refractivity contribution in [2.45, 2.75) is 12.6 Å². The predicted octanol–water partition coefficient (Wildman–Crippen LogP) is 2.10. The Morgan fingerprint density at radius 2 is 1.74 bits per heavy atom. The normalized spacial score (nSPS) is 11.8. The summed E-state index contributed by atoms with van der Waals surface area (Å²) < 4.78 is 0. The van der Waals surface area contributed by atoms with E-state index in [1.807, 2.05) is 54.6 Å². The van der Waals surface area contributed by atoms with Gasteiger partial charge in [-0.2, -0.15) is 0 Å². The molecule has 19 heavy (non-hydrogen) atoms. The van der Waals surface area contributed by atoms with Crippen molar-refractivity contribution in [2.24, 2.45) is 5.73 Å². The number of nitrogens with two attached hydrogens (primary N) is 1. The first-order valence-electron chi connectivity index (χ1n) is 6.02. The standard InChI is InChI=1S/C15H16N2OS/c16-15(19)17-10-12-8-4-5-9-13(12)14(18)11-6-2-1-3-7-11/h1-9,14,18H,10H2,(H3,16,17,19)/t14-/m0/s1. The van der Waals surface area contributed by atoms with Gasteiger partial charge in [-0.1, -0.05) is 54.6 Å². The second-order valence-electron chi connectivity index (χ2n) is 4.23. The molecule has 0 aliphatic rings. The molecule has 1 atom stereocenters. The fourth-order valence-electron chi connectivity index (χ4n) is 1.96. The molecular formula is C15H16N2OS. The molecule has 0 unspecified atom stereocenters. The zero-order valence-corrected chi connectivity index (χ0v) is 11.2. The summed E-state index contributed by atoms with van der Waals surface area (Å²) in [6.45, 7) is 0.509. The van der Waals surface area contributed by atoms with Crippen LogP contribution in [0.4, 0.5) is 0 Å². The summed E-state index contributed by atoms with van der Waals surface area (Å²) in [5.74, 6) is 0. The topological polar surface area (TPSA) is 58.3 Å². The van der Waals surface area contributed by atoms with E-state index in [9.17, 15) is 5.11 Å². The molecule has 98 valence electrons. The lowest BCUT2D eigenvalue weighted by Crippen LogP contribution is -2.28. The fraction of sp³-hybridized carbons (Fsp3) is 0.133. The van der Waals surface area contributed by atoms with Gasteiger partial charge < -0.3 is 16.2 Å². The van der Waals surface area contributed by atoms with Gasteiger partial charge in [0.25, 0.3) is 0 Å². The van der Waals surface area contributed by atoms with Gasteiger partial charge in [-0.05, 0) is 28.9 Å². The molecule has 2 aromatic rings. The molecule has 0 radical (unpaired) electrons. The van der Waals surface area contributed by atoms with Crippen molar-refractivity contribution in [3.8, 4) is 0 Å². The Bertz CT molecular complexity index is 557. The number of aliphatic hydroxyl groups is 1. The molecule has 2 rings (SSSR count). The zero-order chi connectivity index (χ0) is 13.7. The van der Waals surface area contributed by atoms with Crippen molar-refractivity contribution < 1.29 is 5.11 Å². The van der Waals surface area contributed by atoms with Crippen LogP contribution in [0.3, 0.4) is 0 Å². The Balaban J connectivity index is 2.26. The zero-order valence-electron chi connectivity index (χ0n) is 10.4. The highest BCUT2D eigenvalue weighted by Gasteiger charge is 2.13. The van der Waals surface area contributed by atoms with Crippen LogP contribution in [-0.2, 0) is 6.54 Å². The Hall–Kier alpha value is -1.91. The van der Waals surface area contributed by atoms with E-state index in [0.29, 0.717) is 6.54 Å². The van der Waals surface area contributed by atoms with Crippen LogP contribution in [0.15, 0.2) is 54.6 Å². The van der Waals surface area contributed by atoms with Crippen molar-refractivity contribution in [3.05, 3.63) is 71.3 Å². The van der Waals surface area contributed by atoms with Crippen LogP contribution in [0.5, 0.6) is 0 Å². The number of benzene rings is 2. The van der Waals surface area contributed by atoms with E-state index in [4.69, 9.17) is 18.0 Å². The maximum atomic E-state index is 10.4. The SMILES string of the molecule is NC(=S)NCc1ccccc1[C@@H](O)c1ccccc1. The summed E-state index contributed by atoms with van der Waals surface area (Å²) in [6, 6.07) is 17.3. The molecular weight excluding hydrogens is 256 g/mol. The van der Waals surface area contributed by atoms with Crippen LogP contribution in [0.2, 0.25) is 0 Å². The van der Waals surface area contributed by atoms with E-state index in [2.05, 4.69) is 5.32 Å². The van der Waals surface area contributed by atoms with Crippen molar-refractivity contribution in [1.29, 1.82) is 0 Å². The first kappa shape index (κ1) is 13.5. The van der Waals surface area contributed by atoms with Gasteiger partial charge in [0, 0.05) is 6.54 Å². The Labute approximate surface area is 118 Å². The van der Waals surface area contributed by atoms with E-state index in [1.54, 1.807) is 0 Å². The number of aliphatic hydroxyl groups excluding tert-OH is 1. The molecule has 0 spiro atoms. The number of hydrogen-bond donors (Lipinski definition) is 3. The maximum absolute atomic E-state index is 10.4. The fourth-order valence-corrected chi connectivity index (χ4v) is 2.03. The second-order valence-corrected chi connectivity index (χ2v) is 4.67. The summed E-state index contributed by atoms with van der Waals surface area (Å²) in [5.41, 5.74) is 8.14. The molecule has 0 amide bonds. The van der Waals surface area contributed by atoms with E-state index in [0.717, 1.165) is 16.7 Å². The molecule has 4 heteroatoms. The van der Waals surface area contributed by atoms with Gasteiger partial charge in [0.2, 0.25) is 0 Å². The predicted molar refractivity (Wildman–Crippen MR) is 80.6 cm³/mol. The molecule has 0 saturated carbocycles. The van der Waals surface area contributed by atoms with E-state index >= 15 is 0 Å². The molecule has 0 heterocycles. The molecule has 2 aromatic carbocycles. The summed E-state index contributed by atoms with van der Waals surface area (Å²) in [7, 11) is 0. The van der Waals surface area contributed by atoms with Crippen LogP contribution in [0.25, 0.3) is 0 Å². The summed E-state index contributed by atoms with van der Waals surface area (Å²) >= 11 is 4.80. The summed E-state index contributed by atoms with van der Waals surface area (Å²) in [5, 5.41) is 13.6. The third-order valence-corrected chi connectivity index (χ3v) is 3.06. The van der Waals surface area contributed by atoms with E-state index < -0.39 is 6.10 Å². The first-order valence-corrected chi connectivity index (χ1v) is 6.43. The smallest absolute Gasteiger partial charge is 0.163 e. The number of nitrogens with one attached hydrogen (secondary N) is 1. The minimum absolute atomic E-state index is 0.254. The molecule has 0 aliphatic heterocycles. The van der Waals surface area contributed by atoms with Crippen LogP contribution >= 0.6 is 12.2 Å². The Morgan fingerprint density at radius 1 is 1.11 bits per heavy atom. The molecule has 4 N–H and O–H groups in total. The van der Waals surface area contributed by atoms with Crippen LogP contribution < -0.4 is 11.1 Å². The number of thiocarbonyl (C=S) groups is 1. The average Bonchev–Trinajstić information content (AvgIpc) is 2.45. The molecule has 0 saturated heterocycles. The van der Waals surface area contributed by atoms with Crippen molar-refractivity contribution >= 4 is 17.3 Å². The first-order chi connectivity index (χ1) is 9.18. The Morgan fingerprint density at radius 3 is 2.42 bits per heavy atom. The highest BCUT2D eigenvalue weighted by molar-refractivity contribution is 7.80. The van der Waals surface area contributed by atoms with E-state index in [-0.39, 0.29) is 5.11 Å². The van der Waals surface area contributed by atoms with Gasteiger partial charge in [0.05, 0.1) is 0 Å². The van der Waals surface area contributed by atoms with Gasteiger partial charge in [-0.3, -0.25) is 0 Å². The van der Waals surface area contributed by atoms with Crippen molar-refractivity contribution in [1.82, 2.24) is 5.32 Å². The molecule has 0 bridgehead atoms. The van der Waals surface area contributed by atoms with Crippen LogP contribution in [0.1, 0.15) is 22.8 Å². The monoisotopic (exact) mass is 272 g/mol. The van der Waals surface area contributed by atoms with Gasteiger partial charge in [0.15, 0.2) is 5.11 Å². The molecule has 3 nitrogen and oxygen atoms in total. The van der Waals surface area contributed by atoms with Crippen molar-refractivity contribution in [2.75, 3.05) is 0 Å².